The molecule has 0 spiro atoms. The van der Waals surface area contributed by atoms with Crippen LogP contribution in [0, 0.1) is 11.8 Å². The lowest BCUT2D eigenvalue weighted by molar-refractivity contribution is 0.233. The lowest BCUT2D eigenvalue weighted by Gasteiger charge is -2.33. The van der Waals surface area contributed by atoms with Crippen LogP contribution in [0.3, 0.4) is 0 Å². The third kappa shape index (κ3) is 3.96. The number of nitrogens with one attached hydrogen (secondary N) is 1. The highest BCUT2D eigenvalue weighted by Crippen LogP contribution is 2.38. The minimum atomic E-state index is 0.447. The van der Waals surface area contributed by atoms with Crippen molar-refractivity contribution in [1.82, 2.24) is 5.32 Å². The van der Waals surface area contributed by atoms with Crippen LogP contribution < -0.4 is 5.32 Å². The van der Waals surface area contributed by atoms with E-state index in [1.165, 1.54) is 31.2 Å². The molecule has 1 aromatic carbocycles. The van der Waals surface area contributed by atoms with Gasteiger partial charge in [0.15, 0.2) is 0 Å². The molecule has 2 rings (SSSR count). The number of hydrogen-bond acceptors (Lipinski definition) is 1. The number of halogens is 2. The summed E-state index contributed by atoms with van der Waals surface area (Å²) in [5.41, 5.74) is 1.33. The monoisotopic (exact) mass is 343 g/mol. The summed E-state index contributed by atoms with van der Waals surface area (Å²) in [6.45, 7) is 5.55. The topological polar surface area (TPSA) is 12.0 Å². The van der Waals surface area contributed by atoms with Crippen LogP contribution >= 0.6 is 27.5 Å². The Bertz CT molecular complexity index is 413. The Morgan fingerprint density at radius 3 is 2.58 bits per heavy atom. The summed E-state index contributed by atoms with van der Waals surface area (Å²) < 4.78 is 0.977. The van der Waals surface area contributed by atoms with E-state index in [9.17, 15) is 0 Å². The van der Waals surface area contributed by atoms with Gasteiger partial charge in [-0.1, -0.05) is 44.4 Å². The molecule has 1 atom stereocenters. The molecule has 106 valence electrons. The van der Waals surface area contributed by atoms with Gasteiger partial charge >= 0.3 is 0 Å². The molecule has 1 aliphatic rings. The van der Waals surface area contributed by atoms with Crippen LogP contribution in [0.25, 0.3) is 0 Å². The molecular formula is C16H23BrClN. The Morgan fingerprint density at radius 2 is 2.00 bits per heavy atom. The van der Waals surface area contributed by atoms with Crippen LogP contribution in [0.15, 0.2) is 22.7 Å². The lowest BCUT2D eigenvalue weighted by atomic mass is 9.77. The van der Waals surface area contributed by atoms with E-state index < -0.39 is 0 Å². The van der Waals surface area contributed by atoms with Crippen molar-refractivity contribution < 1.29 is 0 Å². The molecule has 1 N–H and O–H groups in total. The van der Waals surface area contributed by atoms with Crippen molar-refractivity contribution in [2.24, 2.45) is 11.8 Å². The van der Waals surface area contributed by atoms with Crippen molar-refractivity contribution in [3.8, 4) is 0 Å². The zero-order valence-electron chi connectivity index (χ0n) is 11.8. The number of hydrogen-bond donors (Lipinski definition) is 1. The standard InChI is InChI=1S/C16H23BrClN/c1-3-19-16(12-6-4-11(2)5-7-12)13-8-9-14(17)15(18)10-13/h8-12,16,19H,3-7H2,1-2H3. The average molecular weight is 345 g/mol. The fourth-order valence-corrected chi connectivity index (χ4v) is 3.54. The first-order valence-electron chi connectivity index (χ1n) is 7.30. The fourth-order valence-electron chi connectivity index (χ4n) is 3.10. The minimum absolute atomic E-state index is 0.447. The maximum absolute atomic E-state index is 6.25. The summed E-state index contributed by atoms with van der Waals surface area (Å²) in [6.07, 6.45) is 5.37. The molecule has 0 saturated heterocycles. The first-order chi connectivity index (χ1) is 9.11. The summed E-state index contributed by atoms with van der Waals surface area (Å²) in [4.78, 5) is 0. The van der Waals surface area contributed by atoms with Crippen molar-refractivity contribution in [1.29, 1.82) is 0 Å². The fraction of sp³-hybridized carbons (Fsp3) is 0.625. The Labute approximate surface area is 130 Å². The van der Waals surface area contributed by atoms with E-state index in [0.29, 0.717) is 6.04 Å². The van der Waals surface area contributed by atoms with Gasteiger partial charge in [0.25, 0.3) is 0 Å². The van der Waals surface area contributed by atoms with Crippen LogP contribution in [0.1, 0.15) is 51.1 Å². The van der Waals surface area contributed by atoms with E-state index in [4.69, 9.17) is 11.6 Å². The first kappa shape index (κ1) is 15.3. The molecule has 1 aromatic rings. The van der Waals surface area contributed by atoms with Gasteiger partial charge in [-0.15, -0.1) is 0 Å². The molecule has 1 fully saturated rings. The van der Waals surface area contributed by atoms with Gasteiger partial charge in [0.05, 0.1) is 5.02 Å². The van der Waals surface area contributed by atoms with E-state index in [-0.39, 0.29) is 0 Å². The predicted molar refractivity (Wildman–Crippen MR) is 86.7 cm³/mol. The van der Waals surface area contributed by atoms with Crippen LogP contribution in [0.4, 0.5) is 0 Å². The van der Waals surface area contributed by atoms with Gasteiger partial charge in [-0.05, 0) is 64.8 Å². The number of rotatable bonds is 4. The molecule has 1 nitrogen and oxygen atoms in total. The molecule has 0 bridgehead atoms. The number of benzene rings is 1. The van der Waals surface area contributed by atoms with Crippen molar-refractivity contribution in [2.45, 2.75) is 45.6 Å². The van der Waals surface area contributed by atoms with Crippen molar-refractivity contribution in [3.05, 3.63) is 33.3 Å². The Balaban J connectivity index is 2.16. The van der Waals surface area contributed by atoms with E-state index in [1.807, 2.05) is 0 Å². The van der Waals surface area contributed by atoms with Crippen molar-refractivity contribution in [3.63, 3.8) is 0 Å². The Hall–Kier alpha value is -0.0500. The SMILES string of the molecule is CCNC(c1ccc(Br)c(Cl)c1)C1CCC(C)CC1. The van der Waals surface area contributed by atoms with Gasteiger partial charge in [-0.25, -0.2) is 0 Å². The molecule has 0 amide bonds. The Morgan fingerprint density at radius 1 is 1.32 bits per heavy atom. The summed E-state index contributed by atoms with van der Waals surface area (Å²) in [5, 5.41) is 4.47. The maximum atomic E-state index is 6.25. The molecule has 19 heavy (non-hydrogen) atoms. The molecule has 1 saturated carbocycles. The molecule has 0 radical (unpaired) electrons. The van der Waals surface area contributed by atoms with E-state index in [2.05, 4.69) is 53.3 Å². The molecule has 0 aliphatic heterocycles. The van der Waals surface area contributed by atoms with Gasteiger partial charge < -0.3 is 5.32 Å². The first-order valence-corrected chi connectivity index (χ1v) is 8.47. The Kier molecular flexibility index (Phi) is 5.73. The van der Waals surface area contributed by atoms with Gasteiger partial charge in [0, 0.05) is 10.5 Å². The third-order valence-electron chi connectivity index (χ3n) is 4.26. The molecule has 3 heteroatoms. The highest BCUT2D eigenvalue weighted by molar-refractivity contribution is 9.10. The highest BCUT2D eigenvalue weighted by atomic mass is 79.9. The molecule has 1 aliphatic carbocycles. The smallest absolute Gasteiger partial charge is 0.0551 e. The quantitative estimate of drug-likeness (QED) is 0.752. The van der Waals surface area contributed by atoms with Crippen LogP contribution in [-0.4, -0.2) is 6.54 Å². The van der Waals surface area contributed by atoms with Crippen LogP contribution in [0.2, 0.25) is 5.02 Å². The van der Waals surface area contributed by atoms with Gasteiger partial charge in [0.1, 0.15) is 0 Å². The average Bonchev–Trinajstić information content (AvgIpc) is 2.41. The van der Waals surface area contributed by atoms with Crippen molar-refractivity contribution in [2.75, 3.05) is 6.54 Å². The lowest BCUT2D eigenvalue weighted by Crippen LogP contribution is -2.30. The normalized spacial score (nSPS) is 25.3. The predicted octanol–water partition coefficient (Wildman–Crippen LogP) is 5.58. The van der Waals surface area contributed by atoms with Crippen LogP contribution in [-0.2, 0) is 0 Å². The molecule has 1 unspecified atom stereocenters. The zero-order chi connectivity index (χ0) is 13.8. The summed E-state index contributed by atoms with van der Waals surface area (Å²) in [7, 11) is 0. The second kappa shape index (κ2) is 7.10. The maximum Gasteiger partial charge on any atom is 0.0551 e. The second-order valence-corrected chi connectivity index (χ2v) is 6.99. The summed E-state index contributed by atoms with van der Waals surface area (Å²) in [5.74, 6) is 1.64. The second-order valence-electron chi connectivity index (χ2n) is 5.73. The zero-order valence-corrected chi connectivity index (χ0v) is 14.1. The summed E-state index contributed by atoms with van der Waals surface area (Å²) >= 11 is 9.71. The molecular weight excluding hydrogens is 322 g/mol. The van der Waals surface area contributed by atoms with Gasteiger partial charge in [0.2, 0.25) is 0 Å². The van der Waals surface area contributed by atoms with E-state index >= 15 is 0 Å². The molecule has 0 aromatic heterocycles. The largest absolute Gasteiger partial charge is 0.310 e. The molecule has 0 heterocycles. The van der Waals surface area contributed by atoms with E-state index in [0.717, 1.165) is 27.9 Å². The van der Waals surface area contributed by atoms with Gasteiger partial charge in [-0.3, -0.25) is 0 Å². The van der Waals surface area contributed by atoms with Gasteiger partial charge in [-0.2, -0.15) is 0 Å². The van der Waals surface area contributed by atoms with Crippen LogP contribution in [0.5, 0.6) is 0 Å². The minimum Gasteiger partial charge on any atom is -0.310 e. The third-order valence-corrected chi connectivity index (χ3v) is 5.49. The summed E-state index contributed by atoms with van der Waals surface area (Å²) in [6, 6.07) is 6.81. The van der Waals surface area contributed by atoms with Crippen molar-refractivity contribution >= 4 is 27.5 Å². The van der Waals surface area contributed by atoms with E-state index in [1.54, 1.807) is 0 Å². The highest BCUT2D eigenvalue weighted by Gasteiger charge is 2.26.